The lowest BCUT2D eigenvalue weighted by atomic mass is 9.95. The fourth-order valence-electron chi connectivity index (χ4n) is 3.18. The van der Waals surface area contributed by atoms with Crippen molar-refractivity contribution in [1.82, 2.24) is 10.2 Å². The number of nitrogens with one attached hydrogen (secondary N) is 1. The van der Waals surface area contributed by atoms with Crippen molar-refractivity contribution in [3.05, 3.63) is 34.9 Å². The van der Waals surface area contributed by atoms with Gasteiger partial charge in [-0.2, -0.15) is 0 Å². The summed E-state index contributed by atoms with van der Waals surface area (Å²) in [6.45, 7) is 3.81. The Balaban J connectivity index is 1.57. The zero-order chi connectivity index (χ0) is 15.7. The largest absolute Gasteiger partial charge is 0.355 e. The van der Waals surface area contributed by atoms with Crippen LogP contribution in [0, 0.1) is 5.92 Å². The van der Waals surface area contributed by atoms with Gasteiger partial charge in [-0.25, -0.2) is 0 Å². The maximum atomic E-state index is 12.3. The molecule has 5 heteroatoms. The van der Waals surface area contributed by atoms with E-state index in [1.165, 1.54) is 5.56 Å². The second-order valence-corrected chi connectivity index (χ2v) is 6.77. The molecule has 0 spiro atoms. The summed E-state index contributed by atoms with van der Waals surface area (Å²) in [5, 5.41) is 3.78. The van der Waals surface area contributed by atoms with Gasteiger partial charge in [-0.1, -0.05) is 23.7 Å². The molecule has 0 radical (unpaired) electrons. The molecule has 1 aliphatic heterocycles. The molecule has 118 valence electrons. The van der Waals surface area contributed by atoms with Crippen molar-refractivity contribution >= 4 is 23.4 Å². The summed E-state index contributed by atoms with van der Waals surface area (Å²) in [5.41, 5.74) is 1.29. The summed E-state index contributed by atoms with van der Waals surface area (Å²) in [4.78, 5) is 25.8. The van der Waals surface area contributed by atoms with Crippen LogP contribution in [-0.4, -0.2) is 36.3 Å². The van der Waals surface area contributed by atoms with E-state index in [0.29, 0.717) is 26.1 Å². The first-order valence-corrected chi connectivity index (χ1v) is 8.23. The average Bonchev–Trinajstić information content (AvgIpc) is 3.21. The molecule has 3 rings (SSSR count). The van der Waals surface area contributed by atoms with Crippen LogP contribution in [-0.2, 0) is 15.0 Å². The Bertz CT molecular complexity index is 581. The molecule has 0 unspecified atom stereocenters. The first-order valence-electron chi connectivity index (χ1n) is 7.85. The molecule has 1 saturated carbocycles. The fraction of sp³-hybridized carbons (Fsp3) is 0.529. The zero-order valence-corrected chi connectivity index (χ0v) is 13.5. The molecule has 1 saturated heterocycles. The summed E-state index contributed by atoms with van der Waals surface area (Å²) >= 11 is 5.93. The van der Waals surface area contributed by atoms with Gasteiger partial charge in [-0.05, 0) is 37.5 Å². The Labute approximate surface area is 135 Å². The van der Waals surface area contributed by atoms with Gasteiger partial charge < -0.3 is 10.2 Å². The topological polar surface area (TPSA) is 49.4 Å². The van der Waals surface area contributed by atoms with Crippen LogP contribution in [0.5, 0.6) is 0 Å². The average molecular weight is 321 g/mol. The molecule has 1 aliphatic carbocycles. The molecule has 2 aliphatic rings. The fourth-order valence-corrected chi connectivity index (χ4v) is 3.30. The Morgan fingerprint density at radius 2 is 2.05 bits per heavy atom. The van der Waals surface area contributed by atoms with E-state index in [0.717, 1.165) is 17.9 Å². The highest BCUT2D eigenvalue weighted by Gasteiger charge is 2.45. The number of hydrogen-bond acceptors (Lipinski definition) is 2. The smallest absolute Gasteiger partial charge is 0.225 e. The second-order valence-electron chi connectivity index (χ2n) is 6.34. The molecule has 22 heavy (non-hydrogen) atoms. The van der Waals surface area contributed by atoms with Gasteiger partial charge in [0.05, 0.1) is 5.92 Å². The van der Waals surface area contributed by atoms with Crippen molar-refractivity contribution in [2.24, 2.45) is 5.92 Å². The number of carbonyl (C=O) groups is 2. The van der Waals surface area contributed by atoms with Gasteiger partial charge in [0.15, 0.2) is 0 Å². The lowest BCUT2D eigenvalue weighted by molar-refractivity contribution is -0.128. The standard InChI is InChI=1S/C17H21ClN2O2/c1-2-20-10-12(9-15(20)21)16(22)19-11-17(7-8-17)13-3-5-14(18)6-4-13/h3-6,12H,2,7-11H2,1H3,(H,19,22)/t12-/m0/s1. The predicted octanol–water partition coefficient (Wildman–Crippen LogP) is 2.36. The van der Waals surface area contributed by atoms with E-state index in [9.17, 15) is 9.59 Å². The Morgan fingerprint density at radius 3 is 2.59 bits per heavy atom. The van der Waals surface area contributed by atoms with Gasteiger partial charge in [0, 0.05) is 36.5 Å². The van der Waals surface area contributed by atoms with E-state index < -0.39 is 0 Å². The summed E-state index contributed by atoms with van der Waals surface area (Å²) in [6, 6.07) is 7.87. The molecular formula is C17H21ClN2O2. The zero-order valence-electron chi connectivity index (χ0n) is 12.8. The van der Waals surface area contributed by atoms with E-state index in [1.54, 1.807) is 4.90 Å². The molecule has 1 heterocycles. The quantitative estimate of drug-likeness (QED) is 0.905. The van der Waals surface area contributed by atoms with Crippen molar-refractivity contribution in [3.63, 3.8) is 0 Å². The van der Waals surface area contributed by atoms with Crippen LogP contribution in [0.15, 0.2) is 24.3 Å². The summed E-state index contributed by atoms with van der Waals surface area (Å²) in [5.74, 6) is -0.112. The first-order chi connectivity index (χ1) is 10.5. The number of likely N-dealkylation sites (tertiary alicyclic amines) is 1. The van der Waals surface area contributed by atoms with E-state index in [-0.39, 0.29) is 23.1 Å². The molecule has 2 amide bonds. The van der Waals surface area contributed by atoms with Crippen molar-refractivity contribution in [1.29, 1.82) is 0 Å². The minimum Gasteiger partial charge on any atom is -0.355 e. The molecule has 1 aromatic carbocycles. The van der Waals surface area contributed by atoms with Crippen LogP contribution >= 0.6 is 11.6 Å². The van der Waals surface area contributed by atoms with Gasteiger partial charge in [0.2, 0.25) is 11.8 Å². The minimum absolute atomic E-state index is 0.00420. The van der Waals surface area contributed by atoms with Gasteiger partial charge in [-0.3, -0.25) is 9.59 Å². The van der Waals surface area contributed by atoms with Crippen LogP contribution in [0.1, 0.15) is 31.7 Å². The third-order valence-electron chi connectivity index (χ3n) is 4.88. The third-order valence-corrected chi connectivity index (χ3v) is 5.13. The van der Waals surface area contributed by atoms with Crippen molar-refractivity contribution in [2.75, 3.05) is 19.6 Å². The lowest BCUT2D eigenvalue weighted by Crippen LogP contribution is -2.37. The van der Waals surface area contributed by atoms with Crippen LogP contribution in [0.4, 0.5) is 0 Å². The highest BCUT2D eigenvalue weighted by molar-refractivity contribution is 6.30. The van der Waals surface area contributed by atoms with Crippen LogP contribution in [0.25, 0.3) is 0 Å². The first kappa shape index (κ1) is 15.3. The number of halogens is 1. The van der Waals surface area contributed by atoms with E-state index in [4.69, 9.17) is 11.6 Å². The molecular weight excluding hydrogens is 300 g/mol. The number of amides is 2. The number of nitrogens with zero attached hydrogens (tertiary/aromatic N) is 1. The highest BCUT2D eigenvalue weighted by Crippen LogP contribution is 2.47. The van der Waals surface area contributed by atoms with E-state index in [1.807, 2.05) is 31.2 Å². The lowest BCUT2D eigenvalue weighted by Gasteiger charge is -2.18. The number of benzene rings is 1. The molecule has 4 nitrogen and oxygen atoms in total. The maximum absolute atomic E-state index is 12.3. The van der Waals surface area contributed by atoms with Gasteiger partial charge >= 0.3 is 0 Å². The highest BCUT2D eigenvalue weighted by atomic mass is 35.5. The summed E-state index contributed by atoms with van der Waals surface area (Å²) < 4.78 is 0. The predicted molar refractivity (Wildman–Crippen MR) is 85.7 cm³/mol. The Kier molecular flexibility index (Phi) is 4.13. The van der Waals surface area contributed by atoms with Crippen LogP contribution < -0.4 is 5.32 Å². The molecule has 1 N–H and O–H groups in total. The van der Waals surface area contributed by atoms with Crippen molar-refractivity contribution in [2.45, 2.75) is 31.6 Å². The van der Waals surface area contributed by atoms with Gasteiger partial charge in [0.1, 0.15) is 0 Å². The van der Waals surface area contributed by atoms with Gasteiger partial charge in [-0.15, -0.1) is 0 Å². The number of rotatable bonds is 5. The minimum atomic E-state index is -0.200. The van der Waals surface area contributed by atoms with E-state index in [2.05, 4.69) is 5.32 Å². The SMILES string of the molecule is CCN1C[C@@H](C(=O)NCC2(c3ccc(Cl)cc3)CC2)CC1=O. The molecule has 1 aromatic rings. The number of carbonyl (C=O) groups excluding carboxylic acids is 2. The second kappa shape index (κ2) is 5.92. The van der Waals surface area contributed by atoms with E-state index >= 15 is 0 Å². The molecule has 2 fully saturated rings. The van der Waals surface area contributed by atoms with Crippen molar-refractivity contribution < 1.29 is 9.59 Å². The summed E-state index contributed by atoms with van der Waals surface area (Å²) in [6.07, 6.45) is 2.51. The number of hydrogen-bond donors (Lipinski definition) is 1. The van der Waals surface area contributed by atoms with Crippen LogP contribution in [0.2, 0.25) is 5.02 Å². The maximum Gasteiger partial charge on any atom is 0.225 e. The van der Waals surface area contributed by atoms with Crippen LogP contribution in [0.3, 0.4) is 0 Å². The van der Waals surface area contributed by atoms with Crippen molar-refractivity contribution in [3.8, 4) is 0 Å². The van der Waals surface area contributed by atoms with Gasteiger partial charge in [0.25, 0.3) is 0 Å². The Hall–Kier alpha value is -1.55. The molecule has 0 aromatic heterocycles. The third kappa shape index (κ3) is 2.98. The summed E-state index contributed by atoms with van der Waals surface area (Å²) in [7, 11) is 0. The molecule has 1 atom stereocenters. The Morgan fingerprint density at radius 1 is 1.36 bits per heavy atom. The normalized spacial score (nSPS) is 22.7. The monoisotopic (exact) mass is 320 g/mol. The molecule has 0 bridgehead atoms.